The van der Waals surface area contributed by atoms with Crippen molar-refractivity contribution in [1.82, 2.24) is 9.80 Å². The molecule has 8 aliphatic rings. The van der Waals surface area contributed by atoms with Crippen LogP contribution in [-0.4, -0.2) is 40.0 Å². The van der Waals surface area contributed by atoms with Gasteiger partial charge in [-0.25, -0.2) is 0 Å². The molecule has 250 valence electrons. The summed E-state index contributed by atoms with van der Waals surface area (Å²) in [7, 11) is 0. The Bertz CT molecular complexity index is 1200. The first-order chi connectivity index (χ1) is 22.8. The molecule has 0 saturated heterocycles. The Morgan fingerprint density at radius 2 is 1.22 bits per heavy atom. The maximum absolute atomic E-state index is 3.12. The molecule has 0 amide bonds. The van der Waals surface area contributed by atoms with Crippen molar-refractivity contribution in [2.45, 2.75) is 171 Å². The van der Waals surface area contributed by atoms with Crippen molar-refractivity contribution in [3.05, 3.63) is 72.0 Å². The van der Waals surface area contributed by atoms with E-state index in [-0.39, 0.29) is 0 Å². The highest BCUT2D eigenvalue weighted by Gasteiger charge is 2.42. The molecule has 0 N–H and O–H groups in total. The van der Waals surface area contributed by atoms with Crippen LogP contribution in [0, 0.1) is 29.6 Å². The molecule has 8 aliphatic carbocycles. The van der Waals surface area contributed by atoms with E-state index in [9.17, 15) is 0 Å². The number of rotatable bonds is 7. The molecule has 0 aromatic rings. The lowest BCUT2D eigenvalue weighted by atomic mass is 9.71. The summed E-state index contributed by atoms with van der Waals surface area (Å²) in [6, 6.07) is 3.59. The van der Waals surface area contributed by atoms with Crippen LogP contribution in [0.4, 0.5) is 0 Å². The molecule has 2 nitrogen and oxygen atoms in total. The normalized spacial score (nSPS) is 38.6. The van der Waals surface area contributed by atoms with Crippen LogP contribution in [0.3, 0.4) is 0 Å². The SMILES string of the molecule is C1=CC2CCCC(N(C3C=CC(C4C=CC(N(C5=C6C=CCCC6CCC5)C5CCCCC5)CC4)CC3)C3CCCCC3)C2C=C1. The fourth-order valence-electron chi connectivity index (χ4n) is 11.9. The van der Waals surface area contributed by atoms with E-state index in [2.05, 4.69) is 70.6 Å². The highest BCUT2D eigenvalue weighted by atomic mass is 15.2. The van der Waals surface area contributed by atoms with E-state index < -0.39 is 0 Å². The molecular weight excluding hydrogens is 556 g/mol. The van der Waals surface area contributed by atoms with Crippen molar-refractivity contribution in [3.8, 4) is 0 Å². The van der Waals surface area contributed by atoms with Gasteiger partial charge in [-0.2, -0.15) is 0 Å². The van der Waals surface area contributed by atoms with Gasteiger partial charge in [0, 0.05) is 35.9 Å². The summed E-state index contributed by atoms with van der Waals surface area (Å²) in [5, 5.41) is 0. The molecule has 0 aromatic heterocycles. The zero-order valence-corrected chi connectivity index (χ0v) is 29.0. The number of nitrogens with zero attached hydrogens (tertiary/aromatic N) is 2. The Balaban J connectivity index is 0.984. The summed E-state index contributed by atoms with van der Waals surface area (Å²) in [4.78, 5) is 6.15. The standard InChI is InChI=1S/C44H64N2/c1-3-17-37(18-4-1)45(43-23-11-15-35-13-7-9-21-41(35)43)39-29-25-33(26-30-39)34-27-31-40(32-28-34)46(38-19-5-2-6-20-38)44-24-12-16-36-14-8-10-22-42(36)44/h7,9-10,13,21-22,25,27,29,31,33-41,43H,1-6,8,11-12,14-20,23-24,26,28,30,32H2. The third-order valence-electron chi connectivity index (χ3n) is 14.2. The predicted octanol–water partition coefficient (Wildman–Crippen LogP) is 11.2. The van der Waals surface area contributed by atoms with Gasteiger partial charge in [0.25, 0.3) is 0 Å². The van der Waals surface area contributed by atoms with Gasteiger partial charge in [0.2, 0.25) is 0 Å². The van der Waals surface area contributed by atoms with Gasteiger partial charge >= 0.3 is 0 Å². The van der Waals surface area contributed by atoms with Crippen LogP contribution in [0.25, 0.3) is 0 Å². The average Bonchev–Trinajstić information content (AvgIpc) is 3.14. The number of hydrogen-bond donors (Lipinski definition) is 0. The largest absolute Gasteiger partial charge is 0.365 e. The molecule has 0 heterocycles. The van der Waals surface area contributed by atoms with Crippen molar-refractivity contribution in [2.24, 2.45) is 29.6 Å². The van der Waals surface area contributed by atoms with Gasteiger partial charge in [0.05, 0.1) is 0 Å². The molecule has 8 atom stereocenters. The molecule has 2 heteroatoms. The second-order valence-electron chi connectivity index (χ2n) is 16.8. The minimum absolute atomic E-state index is 0.620. The van der Waals surface area contributed by atoms with Gasteiger partial charge < -0.3 is 4.90 Å². The summed E-state index contributed by atoms with van der Waals surface area (Å²) < 4.78 is 0. The molecule has 8 unspecified atom stereocenters. The second kappa shape index (κ2) is 14.8. The Labute approximate surface area is 282 Å². The summed E-state index contributed by atoms with van der Waals surface area (Å²) in [5.41, 5.74) is 3.51. The minimum atomic E-state index is 0.620. The van der Waals surface area contributed by atoms with E-state index in [1.165, 1.54) is 141 Å². The summed E-state index contributed by atoms with van der Waals surface area (Å²) >= 11 is 0. The van der Waals surface area contributed by atoms with Crippen molar-refractivity contribution in [3.63, 3.8) is 0 Å². The minimum Gasteiger partial charge on any atom is -0.365 e. The van der Waals surface area contributed by atoms with E-state index in [1.807, 2.05) is 0 Å². The smallest absolute Gasteiger partial charge is 0.0473 e. The van der Waals surface area contributed by atoms with E-state index in [0.29, 0.717) is 12.1 Å². The summed E-state index contributed by atoms with van der Waals surface area (Å²) in [6.45, 7) is 0. The van der Waals surface area contributed by atoms with E-state index in [4.69, 9.17) is 0 Å². The summed E-state index contributed by atoms with van der Waals surface area (Å²) in [6.07, 6.45) is 56.6. The fourth-order valence-corrected chi connectivity index (χ4v) is 11.9. The molecule has 0 bridgehead atoms. The molecule has 0 aliphatic heterocycles. The van der Waals surface area contributed by atoms with Gasteiger partial charge in [0.1, 0.15) is 0 Å². The zero-order chi connectivity index (χ0) is 30.7. The maximum atomic E-state index is 3.12. The highest BCUT2D eigenvalue weighted by Crippen LogP contribution is 2.45. The molecule has 46 heavy (non-hydrogen) atoms. The molecule has 0 spiro atoms. The maximum Gasteiger partial charge on any atom is 0.0473 e. The Kier molecular flexibility index (Phi) is 10.1. The van der Waals surface area contributed by atoms with E-state index in [0.717, 1.165) is 47.7 Å². The average molecular weight is 621 g/mol. The number of fused-ring (bicyclic) bond motifs is 2. The lowest BCUT2D eigenvalue weighted by molar-refractivity contribution is 0.0178. The van der Waals surface area contributed by atoms with Crippen LogP contribution in [0.1, 0.15) is 141 Å². The van der Waals surface area contributed by atoms with Crippen LogP contribution < -0.4 is 0 Å². The summed E-state index contributed by atoms with van der Waals surface area (Å²) in [5.74, 6) is 3.81. The van der Waals surface area contributed by atoms with Crippen molar-refractivity contribution < 1.29 is 0 Å². The lowest BCUT2D eigenvalue weighted by Gasteiger charge is -2.51. The van der Waals surface area contributed by atoms with Crippen molar-refractivity contribution in [1.29, 1.82) is 0 Å². The van der Waals surface area contributed by atoms with Crippen LogP contribution in [0.2, 0.25) is 0 Å². The van der Waals surface area contributed by atoms with Gasteiger partial charge in [0.15, 0.2) is 0 Å². The first kappa shape index (κ1) is 31.5. The van der Waals surface area contributed by atoms with Gasteiger partial charge in [-0.1, -0.05) is 106 Å². The molecule has 8 rings (SSSR count). The third kappa shape index (κ3) is 6.60. The number of hydrogen-bond acceptors (Lipinski definition) is 2. The van der Waals surface area contributed by atoms with Crippen molar-refractivity contribution >= 4 is 0 Å². The van der Waals surface area contributed by atoms with E-state index in [1.54, 1.807) is 11.3 Å². The first-order valence-corrected chi connectivity index (χ1v) is 20.5. The second-order valence-corrected chi connectivity index (χ2v) is 16.8. The van der Waals surface area contributed by atoms with Crippen LogP contribution >= 0.6 is 0 Å². The highest BCUT2D eigenvalue weighted by molar-refractivity contribution is 5.33. The molecule has 3 fully saturated rings. The topological polar surface area (TPSA) is 6.48 Å². The molecule has 0 radical (unpaired) electrons. The van der Waals surface area contributed by atoms with Crippen LogP contribution in [-0.2, 0) is 0 Å². The number of allylic oxidation sites excluding steroid dienone is 9. The van der Waals surface area contributed by atoms with Crippen LogP contribution in [0.15, 0.2) is 72.0 Å². The lowest BCUT2D eigenvalue weighted by Crippen LogP contribution is -2.55. The molecule has 0 aromatic carbocycles. The Morgan fingerprint density at radius 1 is 0.500 bits per heavy atom. The monoisotopic (exact) mass is 621 g/mol. The Morgan fingerprint density at radius 3 is 1.96 bits per heavy atom. The molecular formula is C44H64N2. The molecule has 3 saturated carbocycles. The Hall–Kier alpha value is -1.80. The third-order valence-corrected chi connectivity index (χ3v) is 14.2. The predicted molar refractivity (Wildman–Crippen MR) is 194 cm³/mol. The fraction of sp³-hybridized carbons (Fsp3) is 0.727. The first-order valence-electron chi connectivity index (χ1n) is 20.5. The van der Waals surface area contributed by atoms with Gasteiger partial charge in [-0.15, -0.1) is 0 Å². The van der Waals surface area contributed by atoms with Crippen LogP contribution in [0.5, 0.6) is 0 Å². The van der Waals surface area contributed by atoms with Crippen molar-refractivity contribution in [2.75, 3.05) is 0 Å². The quantitative estimate of drug-likeness (QED) is 0.261. The van der Waals surface area contributed by atoms with E-state index >= 15 is 0 Å². The van der Waals surface area contributed by atoms with Gasteiger partial charge in [-0.3, -0.25) is 4.90 Å². The zero-order valence-electron chi connectivity index (χ0n) is 29.0. The van der Waals surface area contributed by atoms with Gasteiger partial charge in [-0.05, 0) is 131 Å².